The predicted molar refractivity (Wildman–Crippen MR) is 147 cm³/mol. The summed E-state index contributed by atoms with van der Waals surface area (Å²) in [5.41, 5.74) is 2.04. The van der Waals surface area contributed by atoms with Crippen molar-refractivity contribution in [3.63, 3.8) is 0 Å². The molecule has 4 aromatic rings. The molecule has 0 bridgehead atoms. The average molecular weight is 508 g/mol. The first-order chi connectivity index (χ1) is 18.5. The predicted octanol–water partition coefficient (Wildman–Crippen LogP) is 4.63. The van der Waals surface area contributed by atoms with Crippen LogP contribution in [0.1, 0.15) is 24.0 Å². The molecule has 0 radical (unpaired) electrons. The van der Waals surface area contributed by atoms with Gasteiger partial charge in [-0.2, -0.15) is 0 Å². The number of H-pyrrole nitrogens is 1. The fourth-order valence-corrected chi connectivity index (χ4v) is 5.13. The molecule has 1 aliphatic heterocycles. The summed E-state index contributed by atoms with van der Waals surface area (Å²) < 4.78 is 5.31. The van der Waals surface area contributed by atoms with Gasteiger partial charge in [-0.1, -0.05) is 60.7 Å². The van der Waals surface area contributed by atoms with Crippen LogP contribution < -0.4 is 20.5 Å². The molecule has 8 nitrogen and oxygen atoms in total. The zero-order valence-corrected chi connectivity index (χ0v) is 21.2. The molecule has 5 rings (SSSR count). The Morgan fingerprint density at radius 3 is 2.37 bits per heavy atom. The van der Waals surface area contributed by atoms with Crippen LogP contribution in [0.2, 0.25) is 0 Å². The fourth-order valence-electron chi connectivity index (χ4n) is 5.13. The lowest BCUT2D eigenvalue weighted by atomic mass is 9.73. The molecule has 0 aliphatic carbocycles. The van der Waals surface area contributed by atoms with Gasteiger partial charge >= 0.3 is 0 Å². The molecule has 1 saturated heterocycles. The number of carbonyl (C=O) groups is 1. The summed E-state index contributed by atoms with van der Waals surface area (Å²) in [5.74, 6) is 0.881. The van der Waals surface area contributed by atoms with E-state index in [2.05, 4.69) is 32.3 Å². The Labute approximate surface area is 221 Å². The normalized spacial score (nSPS) is 14.6. The standard InChI is InChI=1S/C30H29N5O3/c1-31-25-17-23-24(18-26(25)38-2)33-29(34-27(23)36)35-15-13-30(14-16-35,19-21-9-5-3-6-10-21)28(37)32-20-22-11-7-4-8-12-22/h3-12,17-18H,13-16,19-20H2,2H3,(H,32,37)(H,33,34,36). The van der Waals surface area contributed by atoms with E-state index in [1.807, 2.05) is 53.4 Å². The number of benzene rings is 3. The van der Waals surface area contributed by atoms with Crippen molar-refractivity contribution in [2.24, 2.45) is 5.41 Å². The zero-order chi connectivity index (χ0) is 26.5. The number of piperidine rings is 1. The Balaban J connectivity index is 1.39. The van der Waals surface area contributed by atoms with Crippen LogP contribution in [0.5, 0.6) is 5.75 Å². The summed E-state index contributed by atoms with van der Waals surface area (Å²) in [6.45, 7) is 8.95. The SMILES string of the molecule is [C-]#[N+]c1cc2c(=O)[nH]c(N3CCC(Cc4ccccc4)(C(=O)NCc4ccccc4)CC3)nc2cc1OC. The molecule has 8 heteroatoms. The third-order valence-corrected chi connectivity index (χ3v) is 7.30. The van der Waals surface area contributed by atoms with Crippen molar-refractivity contribution >= 4 is 28.4 Å². The lowest BCUT2D eigenvalue weighted by molar-refractivity contribution is -0.132. The van der Waals surface area contributed by atoms with E-state index in [0.717, 1.165) is 11.1 Å². The molecule has 1 fully saturated rings. The summed E-state index contributed by atoms with van der Waals surface area (Å²) in [5, 5.41) is 3.52. The maximum atomic E-state index is 13.7. The van der Waals surface area contributed by atoms with Gasteiger partial charge in [0.2, 0.25) is 17.5 Å². The number of rotatable bonds is 7. The first-order valence-corrected chi connectivity index (χ1v) is 12.6. The summed E-state index contributed by atoms with van der Waals surface area (Å²) in [4.78, 5) is 39.6. The molecule has 1 amide bonds. The van der Waals surface area contributed by atoms with E-state index in [1.165, 1.54) is 13.2 Å². The van der Waals surface area contributed by atoms with E-state index >= 15 is 0 Å². The minimum Gasteiger partial charge on any atom is -0.508 e. The number of hydrogen-bond donors (Lipinski definition) is 2. The number of aromatic amines is 1. The van der Waals surface area contributed by atoms with Crippen molar-refractivity contribution in [1.82, 2.24) is 15.3 Å². The van der Waals surface area contributed by atoms with Crippen LogP contribution in [0.3, 0.4) is 0 Å². The van der Waals surface area contributed by atoms with Crippen molar-refractivity contribution in [2.75, 3.05) is 25.1 Å². The summed E-state index contributed by atoms with van der Waals surface area (Å²) in [7, 11) is 1.49. The number of methoxy groups -OCH3 is 1. The molecule has 1 aromatic heterocycles. The lowest BCUT2D eigenvalue weighted by Gasteiger charge is -2.41. The number of nitrogens with one attached hydrogen (secondary N) is 2. The van der Waals surface area contributed by atoms with Crippen molar-refractivity contribution in [2.45, 2.75) is 25.8 Å². The topological polar surface area (TPSA) is 91.7 Å². The van der Waals surface area contributed by atoms with E-state index in [-0.39, 0.29) is 17.2 Å². The minimum atomic E-state index is -0.572. The number of carbonyl (C=O) groups excluding carboxylic acids is 1. The Kier molecular flexibility index (Phi) is 7.09. The molecule has 2 N–H and O–H groups in total. The van der Waals surface area contributed by atoms with Crippen LogP contribution in [-0.4, -0.2) is 36.1 Å². The summed E-state index contributed by atoms with van der Waals surface area (Å²) in [6.07, 6.45) is 1.87. The van der Waals surface area contributed by atoms with Crippen LogP contribution in [0.25, 0.3) is 15.7 Å². The molecular formula is C30H29N5O3. The van der Waals surface area contributed by atoms with E-state index in [9.17, 15) is 9.59 Å². The Morgan fingerprint density at radius 1 is 1.08 bits per heavy atom. The van der Waals surface area contributed by atoms with Gasteiger partial charge in [0.15, 0.2) is 0 Å². The van der Waals surface area contributed by atoms with E-state index < -0.39 is 5.41 Å². The van der Waals surface area contributed by atoms with Crippen LogP contribution in [0.4, 0.5) is 11.6 Å². The minimum absolute atomic E-state index is 0.0428. The fraction of sp³-hybridized carbons (Fsp3) is 0.267. The van der Waals surface area contributed by atoms with Gasteiger partial charge in [-0.05, 0) is 42.5 Å². The number of amides is 1. The van der Waals surface area contributed by atoms with Crippen molar-refractivity contribution < 1.29 is 9.53 Å². The highest BCUT2D eigenvalue weighted by Crippen LogP contribution is 2.37. The van der Waals surface area contributed by atoms with Crippen molar-refractivity contribution in [3.8, 4) is 5.75 Å². The smallest absolute Gasteiger partial charge is 0.258 e. The molecule has 2 heterocycles. The first kappa shape index (κ1) is 25.0. The highest BCUT2D eigenvalue weighted by molar-refractivity contribution is 5.86. The number of aromatic nitrogens is 2. The molecular weight excluding hydrogens is 478 g/mol. The molecule has 38 heavy (non-hydrogen) atoms. The summed E-state index contributed by atoms with van der Waals surface area (Å²) >= 11 is 0. The van der Waals surface area contributed by atoms with Gasteiger partial charge in [0.1, 0.15) is 5.75 Å². The third kappa shape index (κ3) is 5.09. The van der Waals surface area contributed by atoms with Crippen LogP contribution in [0.15, 0.2) is 77.6 Å². The molecule has 0 saturated carbocycles. The lowest BCUT2D eigenvalue weighted by Crippen LogP contribution is -2.50. The van der Waals surface area contributed by atoms with Crippen LogP contribution in [-0.2, 0) is 17.8 Å². The van der Waals surface area contributed by atoms with Gasteiger partial charge in [-0.3, -0.25) is 14.6 Å². The van der Waals surface area contributed by atoms with Crippen molar-refractivity contribution in [3.05, 3.63) is 106 Å². The monoisotopic (exact) mass is 507 g/mol. The first-order valence-electron chi connectivity index (χ1n) is 12.6. The van der Waals surface area contributed by atoms with Gasteiger partial charge in [-0.15, -0.1) is 0 Å². The Hall–Kier alpha value is -4.64. The molecule has 0 spiro atoms. The maximum Gasteiger partial charge on any atom is 0.258 e. The second-order valence-corrected chi connectivity index (χ2v) is 9.64. The number of anilines is 1. The molecule has 0 atom stereocenters. The zero-order valence-electron chi connectivity index (χ0n) is 21.2. The quantitative estimate of drug-likeness (QED) is 0.356. The highest BCUT2D eigenvalue weighted by atomic mass is 16.5. The van der Waals surface area contributed by atoms with Gasteiger partial charge in [-0.25, -0.2) is 9.83 Å². The van der Waals surface area contributed by atoms with Crippen molar-refractivity contribution in [1.29, 1.82) is 0 Å². The Morgan fingerprint density at radius 2 is 1.74 bits per heavy atom. The van der Waals surface area contributed by atoms with Crippen LogP contribution in [0, 0.1) is 12.0 Å². The largest absolute Gasteiger partial charge is 0.508 e. The molecule has 1 aliphatic rings. The second-order valence-electron chi connectivity index (χ2n) is 9.64. The van der Waals surface area contributed by atoms with Gasteiger partial charge < -0.3 is 15.0 Å². The number of fused-ring (bicyclic) bond motifs is 1. The van der Waals surface area contributed by atoms with E-state index in [1.54, 1.807) is 6.07 Å². The highest BCUT2D eigenvalue weighted by Gasteiger charge is 2.41. The van der Waals surface area contributed by atoms with Gasteiger partial charge in [0.25, 0.3) is 5.56 Å². The van der Waals surface area contributed by atoms with E-state index in [0.29, 0.717) is 61.5 Å². The second kappa shape index (κ2) is 10.8. The maximum absolute atomic E-state index is 13.7. The third-order valence-electron chi connectivity index (χ3n) is 7.30. The Bertz CT molecular complexity index is 1540. The van der Waals surface area contributed by atoms with E-state index in [4.69, 9.17) is 11.3 Å². The van der Waals surface area contributed by atoms with Crippen LogP contribution >= 0.6 is 0 Å². The molecule has 3 aromatic carbocycles. The number of hydrogen-bond acceptors (Lipinski definition) is 5. The molecule has 192 valence electrons. The number of ether oxygens (including phenoxy) is 1. The van der Waals surface area contributed by atoms with Gasteiger partial charge in [0.05, 0.1) is 30.0 Å². The average Bonchev–Trinajstić information content (AvgIpc) is 2.96. The van der Waals surface area contributed by atoms with Gasteiger partial charge in [0, 0.05) is 19.6 Å². The summed E-state index contributed by atoms with van der Waals surface area (Å²) in [6, 6.07) is 23.1. The number of nitrogens with zero attached hydrogens (tertiary/aromatic N) is 3. The molecule has 0 unspecified atom stereocenters.